The molecule has 0 saturated heterocycles. The van der Waals surface area contributed by atoms with Crippen LogP contribution < -0.4 is 5.32 Å². The molecule has 0 radical (unpaired) electrons. The average molecular weight is 207 g/mol. The summed E-state index contributed by atoms with van der Waals surface area (Å²) in [5, 5.41) is 3.41. The third-order valence-corrected chi connectivity index (χ3v) is 2.38. The van der Waals surface area contributed by atoms with Crippen LogP contribution in [0.1, 0.15) is 32.3 Å². The molecule has 0 spiro atoms. The zero-order chi connectivity index (χ0) is 11.3. The van der Waals surface area contributed by atoms with Gasteiger partial charge < -0.3 is 10.1 Å². The van der Waals surface area contributed by atoms with Gasteiger partial charge in [-0.2, -0.15) is 0 Å². The lowest BCUT2D eigenvalue weighted by molar-refractivity contribution is 0.190. The molecule has 0 amide bonds. The highest BCUT2D eigenvalue weighted by Gasteiger charge is 2.03. The maximum absolute atomic E-state index is 5.09. The lowest BCUT2D eigenvalue weighted by Gasteiger charge is -2.15. The highest BCUT2D eigenvalue weighted by molar-refractivity contribution is 5.47. The van der Waals surface area contributed by atoms with Gasteiger partial charge in [0.25, 0.3) is 0 Å². The van der Waals surface area contributed by atoms with Gasteiger partial charge in [-0.25, -0.2) is 0 Å². The van der Waals surface area contributed by atoms with E-state index in [-0.39, 0.29) is 0 Å². The van der Waals surface area contributed by atoms with Crippen molar-refractivity contribution in [3.05, 3.63) is 29.8 Å². The highest BCUT2D eigenvalue weighted by Crippen LogP contribution is 2.18. The number of anilines is 1. The minimum atomic E-state index is 0.345. The van der Waals surface area contributed by atoms with E-state index in [4.69, 9.17) is 4.74 Å². The number of methoxy groups -OCH3 is 1. The van der Waals surface area contributed by atoms with Gasteiger partial charge in [-0.3, -0.25) is 0 Å². The van der Waals surface area contributed by atoms with Gasteiger partial charge >= 0.3 is 0 Å². The Morgan fingerprint density at radius 1 is 1.27 bits per heavy atom. The van der Waals surface area contributed by atoms with Crippen LogP contribution in [-0.2, 0) is 4.74 Å². The molecular weight excluding hydrogens is 186 g/mol. The summed E-state index contributed by atoms with van der Waals surface area (Å²) in [6, 6.07) is 8.90. The highest BCUT2D eigenvalue weighted by atomic mass is 16.5. The molecule has 0 bridgehead atoms. The third-order valence-electron chi connectivity index (χ3n) is 2.38. The van der Waals surface area contributed by atoms with Crippen LogP contribution in [-0.4, -0.2) is 19.8 Å². The molecule has 1 atom stereocenters. The van der Waals surface area contributed by atoms with Crippen LogP contribution in [0.15, 0.2) is 24.3 Å². The Morgan fingerprint density at radius 3 is 2.60 bits per heavy atom. The molecule has 2 heteroatoms. The molecule has 0 aromatic heterocycles. The molecule has 1 rings (SSSR count). The predicted molar refractivity (Wildman–Crippen MR) is 65.5 cm³/mol. The van der Waals surface area contributed by atoms with Crippen molar-refractivity contribution in [2.45, 2.75) is 32.7 Å². The molecule has 0 heterocycles. The Labute approximate surface area is 92.6 Å². The number of nitrogens with one attached hydrogen (secondary N) is 1. The van der Waals surface area contributed by atoms with Gasteiger partial charge in [0.2, 0.25) is 0 Å². The molecule has 1 N–H and O–H groups in total. The molecule has 1 aromatic rings. The van der Waals surface area contributed by atoms with Crippen LogP contribution in [0.2, 0.25) is 0 Å². The minimum Gasteiger partial charge on any atom is -0.383 e. The SMILES string of the molecule is COC[C@H](C)Nc1cccc(C(C)C)c1. The molecule has 1 aromatic carbocycles. The fraction of sp³-hybridized carbons (Fsp3) is 0.538. The number of hydrogen-bond donors (Lipinski definition) is 1. The van der Waals surface area contributed by atoms with Gasteiger partial charge in [-0.05, 0) is 30.5 Å². The summed E-state index contributed by atoms with van der Waals surface area (Å²) in [6.45, 7) is 7.26. The Kier molecular flexibility index (Phi) is 4.63. The van der Waals surface area contributed by atoms with Crippen LogP contribution in [0, 0.1) is 0 Å². The molecule has 2 nitrogen and oxygen atoms in total. The van der Waals surface area contributed by atoms with E-state index in [2.05, 4.69) is 50.4 Å². The first-order valence-electron chi connectivity index (χ1n) is 5.49. The van der Waals surface area contributed by atoms with E-state index >= 15 is 0 Å². The molecule has 0 aliphatic heterocycles. The lowest BCUT2D eigenvalue weighted by Crippen LogP contribution is -2.20. The summed E-state index contributed by atoms with van der Waals surface area (Å²) in [5.41, 5.74) is 2.54. The first kappa shape index (κ1) is 12.1. The number of hydrogen-bond acceptors (Lipinski definition) is 2. The second-order valence-corrected chi connectivity index (χ2v) is 4.28. The average Bonchev–Trinajstić information content (AvgIpc) is 2.18. The maximum Gasteiger partial charge on any atom is 0.0661 e. The molecule has 0 unspecified atom stereocenters. The van der Waals surface area contributed by atoms with Crippen LogP contribution in [0.5, 0.6) is 0 Å². The summed E-state index contributed by atoms with van der Waals surface area (Å²) in [4.78, 5) is 0. The third kappa shape index (κ3) is 3.92. The van der Waals surface area contributed by atoms with E-state index in [1.54, 1.807) is 7.11 Å². The van der Waals surface area contributed by atoms with Crippen molar-refractivity contribution in [3.8, 4) is 0 Å². The van der Waals surface area contributed by atoms with E-state index in [1.807, 2.05) is 0 Å². The maximum atomic E-state index is 5.09. The van der Waals surface area contributed by atoms with Crippen molar-refractivity contribution < 1.29 is 4.74 Å². The minimum absolute atomic E-state index is 0.345. The fourth-order valence-electron chi connectivity index (χ4n) is 1.56. The molecule has 0 aliphatic carbocycles. The summed E-state index contributed by atoms with van der Waals surface area (Å²) in [5.74, 6) is 0.574. The second-order valence-electron chi connectivity index (χ2n) is 4.28. The van der Waals surface area contributed by atoms with Gasteiger partial charge in [0, 0.05) is 18.8 Å². The molecule has 84 valence electrons. The molecule has 0 aliphatic rings. The van der Waals surface area contributed by atoms with Gasteiger partial charge in [0.05, 0.1) is 6.61 Å². The van der Waals surface area contributed by atoms with Crippen LogP contribution in [0.25, 0.3) is 0 Å². The Balaban J connectivity index is 2.65. The Hall–Kier alpha value is -1.02. The normalized spacial score (nSPS) is 12.9. The van der Waals surface area contributed by atoms with Crippen molar-refractivity contribution >= 4 is 5.69 Å². The van der Waals surface area contributed by atoms with Crippen molar-refractivity contribution in [2.24, 2.45) is 0 Å². The van der Waals surface area contributed by atoms with E-state index in [0.29, 0.717) is 12.0 Å². The van der Waals surface area contributed by atoms with Gasteiger partial charge in [-0.15, -0.1) is 0 Å². The van der Waals surface area contributed by atoms with Crippen molar-refractivity contribution in [3.63, 3.8) is 0 Å². The molecule has 15 heavy (non-hydrogen) atoms. The first-order chi connectivity index (χ1) is 7.13. The second kappa shape index (κ2) is 5.76. The van der Waals surface area contributed by atoms with Gasteiger partial charge in [0.15, 0.2) is 0 Å². The van der Waals surface area contributed by atoms with E-state index in [9.17, 15) is 0 Å². The first-order valence-corrected chi connectivity index (χ1v) is 5.49. The quantitative estimate of drug-likeness (QED) is 0.800. The predicted octanol–water partition coefficient (Wildman–Crippen LogP) is 3.26. The standard InChI is InChI=1S/C13H21NO/c1-10(2)12-6-5-7-13(8-12)14-11(3)9-15-4/h5-8,10-11,14H,9H2,1-4H3/t11-/m0/s1. The Morgan fingerprint density at radius 2 is 2.00 bits per heavy atom. The number of benzene rings is 1. The van der Waals surface area contributed by atoms with Gasteiger partial charge in [0.1, 0.15) is 0 Å². The largest absolute Gasteiger partial charge is 0.383 e. The zero-order valence-corrected chi connectivity index (χ0v) is 10.1. The van der Waals surface area contributed by atoms with Crippen LogP contribution in [0.3, 0.4) is 0 Å². The van der Waals surface area contributed by atoms with E-state index < -0.39 is 0 Å². The van der Waals surface area contributed by atoms with Crippen molar-refractivity contribution in [1.29, 1.82) is 0 Å². The zero-order valence-electron chi connectivity index (χ0n) is 10.1. The van der Waals surface area contributed by atoms with E-state index in [0.717, 1.165) is 6.61 Å². The summed E-state index contributed by atoms with van der Waals surface area (Å²) in [7, 11) is 1.72. The Bertz CT molecular complexity index is 296. The lowest BCUT2D eigenvalue weighted by atomic mass is 10.0. The van der Waals surface area contributed by atoms with E-state index in [1.165, 1.54) is 11.3 Å². The summed E-state index contributed by atoms with van der Waals surface area (Å²) < 4.78 is 5.09. The van der Waals surface area contributed by atoms with Crippen molar-refractivity contribution in [1.82, 2.24) is 0 Å². The topological polar surface area (TPSA) is 21.3 Å². The van der Waals surface area contributed by atoms with Crippen LogP contribution >= 0.6 is 0 Å². The molecular formula is C13H21NO. The van der Waals surface area contributed by atoms with Crippen molar-refractivity contribution in [2.75, 3.05) is 19.0 Å². The number of ether oxygens (including phenoxy) is 1. The smallest absolute Gasteiger partial charge is 0.0661 e. The van der Waals surface area contributed by atoms with Crippen LogP contribution in [0.4, 0.5) is 5.69 Å². The fourth-order valence-corrected chi connectivity index (χ4v) is 1.56. The number of rotatable bonds is 5. The summed E-state index contributed by atoms with van der Waals surface area (Å²) in [6.07, 6.45) is 0. The van der Waals surface area contributed by atoms with Gasteiger partial charge in [-0.1, -0.05) is 26.0 Å². The molecule has 0 fully saturated rings. The monoisotopic (exact) mass is 207 g/mol. The summed E-state index contributed by atoms with van der Waals surface area (Å²) >= 11 is 0. The molecule has 0 saturated carbocycles.